The monoisotopic (exact) mass is 323 g/mol. The Kier molecular flexibility index (Phi) is 5.88. The number of rotatable bonds is 2. The zero-order valence-corrected chi connectivity index (χ0v) is 16.3. The molecule has 1 unspecified atom stereocenters. The summed E-state index contributed by atoms with van der Waals surface area (Å²) in [7, 11) is 0. The first-order chi connectivity index (χ1) is 9.99. The quantitative estimate of drug-likeness (QED) is 0.560. The van der Waals surface area contributed by atoms with Crippen LogP contribution in [0.4, 0.5) is 0 Å². The number of fused-ring (bicyclic) bond motifs is 1. The number of nitrogens with one attached hydrogen (secondary N) is 1. The van der Waals surface area contributed by atoms with Gasteiger partial charge in [0.05, 0.1) is 0 Å². The van der Waals surface area contributed by atoms with Gasteiger partial charge in [-0.05, 0) is 55.4 Å². The molecule has 0 aromatic heterocycles. The molecule has 1 aliphatic carbocycles. The van der Waals surface area contributed by atoms with Gasteiger partial charge in [-0.25, -0.2) is 0 Å². The molecule has 0 bridgehead atoms. The van der Waals surface area contributed by atoms with E-state index in [4.69, 9.17) is 5.73 Å². The molecule has 1 heterocycles. The van der Waals surface area contributed by atoms with Crippen molar-refractivity contribution in [3.05, 3.63) is 47.5 Å². The summed E-state index contributed by atoms with van der Waals surface area (Å²) in [6.45, 7) is 5.58. The topological polar surface area (TPSA) is 61.2 Å². The molecule has 112 valence electrons. The summed E-state index contributed by atoms with van der Waals surface area (Å²) < 4.78 is 0. The maximum Gasteiger partial charge on any atom is 1.00 e. The molecule has 0 radical (unpaired) electrons. The summed E-state index contributed by atoms with van der Waals surface area (Å²) in [4.78, 5) is 25.8. The molecule has 1 atom stereocenters. The van der Waals surface area contributed by atoms with Crippen molar-refractivity contribution >= 4 is 11.8 Å². The predicted molar refractivity (Wildman–Crippen MR) is 80.7 cm³/mol. The van der Waals surface area contributed by atoms with Crippen LogP contribution in [-0.2, 0) is 17.6 Å². The maximum absolute atomic E-state index is 12.5. The first kappa shape index (κ1) is 18.1. The van der Waals surface area contributed by atoms with Crippen LogP contribution in [0.15, 0.2) is 18.2 Å². The Morgan fingerprint density at radius 1 is 1.09 bits per heavy atom. The maximum atomic E-state index is 12.5. The van der Waals surface area contributed by atoms with Gasteiger partial charge in [0.15, 0.2) is 0 Å². The van der Waals surface area contributed by atoms with Gasteiger partial charge in [-0.15, -0.1) is 5.41 Å². The number of hydrogen-bond acceptors (Lipinski definition) is 2. The molecular formula is C17H20KN2O2-. The van der Waals surface area contributed by atoms with Gasteiger partial charge in [-0.1, -0.05) is 6.07 Å². The van der Waals surface area contributed by atoms with Gasteiger partial charge in [0.2, 0.25) is 0 Å². The average Bonchev–Trinajstić information content (AvgIpc) is 2.84. The molecule has 4 nitrogen and oxygen atoms in total. The van der Waals surface area contributed by atoms with Crippen LogP contribution in [0.25, 0.3) is 5.73 Å². The van der Waals surface area contributed by atoms with Crippen molar-refractivity contribution < 1.29 is 61.0 Å². The third-order valence-electron chi connectivity index (χ3n) is 4.64. The van der Waals surface area contributed by atoms with Gasteiger partial charge in [0.25, 0.3) is 5.91 Å². The minimum absolute atomic E-state index is 0. The van der Waals surface area contributed by atoms with Gasteiger partial charge >= 0.3 is 51.4 Å². The number of amides is 2. The first-order valence-corrected chi connectivity index (χ1v) is 7.52. The fraction of sp³-hybridized carbons (Fsp3) is 0.471. The molecule has 2 amide bonds. The molecule has 1 aromatic carbocycles. The standard InChI is InChI=1S/C17H21N2O2.K/c1-17(16(18)21)10-13-6-5-12(9-14(13)11-17)15(20)19-7-3-2-4-8-19;/h5-6,9H,1-4,7-8,10-11H2,(H2,18,21);/q-1;+1/p-1. The van der Waals surface area contributed by atoms with Crippen LogP contribution in [0.3, 0.4) is 0 Å². The third-order valence-corrected chi connectivity index (χ3v) is 4.64. The molecular weight excluding hydrogens is 303 g/mol. The minimum Gasteiger partial charge on any atom is -0.670 e. The van der Waals surface area contributed by atoms with Crippen LogP contribution in [0.5, 0.6) is 0 Å². The van der Waals surface area contributed by atoms with Crippen LogP contribution in [0.1, 0.15) is 40.7 Å². The van der Waals surface area contributed by atoms with Crippen molar-refractivity contribution in [3.63, 3.8) is 0 Å². The summed E-state index contributed by atoms with van der Waals surface area (Å²) >= 11 is 0. The second kappa shape index (κ2) is 7.14. The Hall–Kier alpha value is -0.204. The molecule has 1 saturated heterocycles. The Bertz CT molecular complexity index is 596. The number of nitrogens with zero attached hydrogens (tertiary/aromatic N) is 1. The summed E-state index contributed by atoms with van der Waals surface area (Å²) in [6.07, 6.45) is 4.32. The van der Waals surface area contributed by atoms with E-state index in [1.165, 1.54) is 6.42 Å². The van der Waals surface area contributed by atoms with Crippen LogP contribution in [0.2, 0.25) is 0 Å². The summed E-state index contributed by atoms with van der Waals surface area (Å²) in [5, 5.41) is 0. The molecule has 1 N–H and O–H groups in total. The first-order valence-electron chi connectivity index (χ1n) is 7.52. The summed E-state index contributed by atoms with van der Waals surface area (Å²) in [6, 6.07) is 5.65. The second-order valence-electron chi connectivity index (χ2n) is 6.30. The molecule has 0 spiro atoms. The fourth-order valence-corrected chi connectivity index (χ4v) is 3.33. The number of carbonyl (C=O) groups excluding carboxylic acids is 2. The summed E-state index contributed by atoms with van der Waals surface area (Å²) in [5.74, 6) is -0.543. The van der Waals surface area contributed by atoms with E-state index in [9.17, 15) is 9.59 Å². The van der Waals surface area contributed by atoms with E-state index in [0.29, 0.717) is 18.4 Å². The average molecular weight is 323 g/mol. The minimum atomic E-state index is -0.866. The molecule has 1 aromatic rings. The number of likely N-dealkylation sites (tertiary alicyclic amines) is 1. The number of hydrogen-bond donors (Lipinski definition) is 0. The van der Waals surface area contributed by atoms with Crippen molar-refractivity contribution in [1.82, 2.24) is 4.90 Å². The Morgan fingerprint density at radius 3 is 2.36 bits per heavy atom. The summed E-state index contributed by atoms with van der Waals surface area (Å²) in [5.41, 5.74) is 9.23. The Labute approximate surface area is 174 Å². The van der Waals surface area contributed by atoms with Gasteiger partial charge < -0.3 is 22.4 Å². The van der Waals surface area contributed by atoms with E-state index >= 15 is 0 Å². The molecule has 3 rings (SSSR count). The van der Waals surface area contributed by atoms with Gasteiger partial charge in [-0.2, -0.15) is 0 Å². The van der Waals surface area contributed by atoms with E-state index in [-0.39, 0.29) is 57.3 Å². The molecule has 5 heteroatoms. The van der Waals surface area contributed by atoms with Crippen LogP contribution in [-0.4, -0.2) is 29.8 Å². The van der Waals surface area contributed by atoms with Crippen molar-refractivity contribution in [2.24, 2.45) is 5.41 Å². The normalized spacial score (nSPS) is 23.6. The second-order valence-corrected chi connectivity index (χ2v) is 6.30. The van der Waals surface area contributed by atoms with Crippen molar-refractivity contribution in [2.75, 3.05) is 13.1 Å². The van der Waals surface area contributed by atoms with E-state index < -0.39 is 11.3 Å². The number of piperidine rings is 1. The number of carbonyl (C=O) groups is 2. The van der Waals surface area contributed by atoms with E-state index in [2.05, 4.69) is 6.92 Å². The number of benzene rings is 1. The van der Waals surface area contributed by atoms with Crippen molar-refractivity contribution in [1.29, 1.82) is 0 Å². The molecule has 1 fully saturated rings. The predicted octanol–water partition coefficient (Wildman–Crippen LogP) is -0.185. The van der Waals surface area contributed by atoms with E-state index in [1.807, 2.05) is 23.1 Å². The Balaban J connectivity index is 0.00000176. The van der Waals surface area contributed by atoms with Crippen molar-refractivity contribution in [2.45, 2.75) is 32.1 Å². The molecule has 2 aliphatic rings. The Morgan fingerprint density at radius 2 is 1.73 bits per heavy atom. The van der Waals surface area contributed by atoms with Gasteiger partial charge in [0, 0.05) is 24.6 Å². The van der Waals surface area contributed by atoms with Crippen molar-refractivity contribution in [3.8, 4) is 0 Å². The zero-order valence-electron chi connectivity index (χ0n) is 13.2. The SMILES string of the molecule is [CH2-]C1(C([NH-])=O)Cc2ccc(C(=O)N3CCCCC3)cc2C1.[K+]. The molecule has 22 heavy (non-hydrogen) atoms. The van der Waals surface area contributed by atoms with E-state index in [0.717, 1.165) is 37.1 Å². The fourth-order valence-electron chi connectivity index (χ4n) is 3.33. The van der Waals surface area contributed by atoms with E-state index in [1.54, 1.807) is 0 Å². The molecule has 0 saturated carbocycles. The zero-order chi connectivity index (χ0) is 15.0. The largest absolute Gasteiger partial charge is 1.00 e. The van der Waals surface area contributed by atoms with Crippen LogP contribution in [0, 0.1) is 12.3 Å². The molecule has 1 aliphatic heterocycles. The van der Waals surface area contributed by atoms with Gasteiger partial charge in [0.1, 0.15) is 0 Å². The van der Waals surface area contributed by atoms with Gasteiger partial charge in [-0.3, -0.25) is 4.79 Å². The van der Waals surface area contributed by atoms with Crippen LogP contribution >= 0.6 is 0 Å². The van der Waals surface area contributed by atoms with Crippen LogP contribution < -0.4 is 51.4 Å². The smallest absolute Gasteiger partial charge is 0.670 e. The third kappa shape index (κ3) is 3.49.